The van der Waals surface area contributed by atoms with Crippen LogP contribution < -0.4 is 0 Å². The molecule has 0 aliphatic carbocycles. The van der Waals surface area contributed by atoms with Crippen LogP contribution in [-0.2, 0) is 16.2 Å². The van der Waals surface area contributed by atoms with E-state index < -0.39 is 4.92 Å². The van der Waals surface area contributed by atoms with E-state index in [2.05, 4.69) is 5.16 Å². The highest BCUT2D eigenvalue weighted by Gasteiger charge is 2.20. The molecular weight excluding hydrogens is 393 g/mol. The van der Waals surface area contributed by atoms with Crippen LogP contribution in [0.4, 0.5) is 5.69 Å². The molecule has 7 nitrogen and oxygen atoms in total. The number of oxime groups is 1. The van der Waals surface area contributed by atoms with Gasteiger partial charge in [0.15, 0.2) is 5.84 Å². The average Bonchev–Trinajstić information content (AvgIpc) is 2.67. The molecule has 0 amide bonds. The average molecular weight is 410 g/mol. The van der Waals surface area contributed by atoms with Crippen LogP contribution in [0.3, 0.4) is 0 Å². The van der Waals surface area contributed by atoms with E-state index in [0.717, 1.165) is 5.56 Å². The first-order valence-corrected chi connectivity index (χ1v) is 9.01. The molecule has 0 bridgehead atoms. The molecule has 1 fully saturated rings. The van der Waals surface area contributed by atoms with Gasteiger partial charge in [-0.05, 0) is 12.1 Å². The summed E-state index contributed by atoms with van der Waals surface area (Å²) in [5, 5.41) is 16.4. The molecule has 27 heavy (non-hydrogen) atoms. The first kappa shape index (κ1) is 19.4. The summed E-state index contributed by atoms with van der Waals surface area (Å²) in [6.45, 7) is 2.49. The van der Waals surface area contributed by atoms with Gasteiger partial charge in [0.05, 0.1) is 18.1 Å². The first-order chi connectivity index (χ1) is 13.0. The smallest absolute Gasteiger partial charge is 0.270 e. The van der Waals surface area contributed by atoms with Gasteiger partial charge in [-0.3, -0.25) is 10.1 Å². The Kier molecular flexibility index (Phi) is 6.49. The topological polar surface area (TPSA) is 77.2 Å². The third-order valence-electron chi connectivity index (χ3n) is 4.01. The summed E-state index contributed by atoms with van der Waals surface area (Å²) < 4.78 is 5.37. The van der Waals surface area contributed by atoms with Crippen LogP contribution in [0.15, 0.2) is 47.6 Å². The Morgan fingerprint density at radius 3 is 2.70 bits per heavy atom. The molecule has 9 heteroatoms. The van der Waals surface area contributed by atoms with E-state index >= 15 is 0 Å². The number of hydrogen-bond acceptors (Lipinski definition) is 5. The maximum atomic E-state index is 11.1. The van der Waals surface area contributed by atoms with Crippen molar-refractivity contribution in [2.75, 3.05) is 26.3 Å². The number of non-ortho nitro benzene ring substituents is 1. The van der Waals surface area contributed by atoms with Gasteiger partial charge in [0, 0.05) is 46.4 Å². The normalized spacial score (nSPS) is 14.9. The Morgan fingerprint density at radius 1 is 1.22 bits per heavy atom. The van der Waals surface area contributed by atoms with E-state index in [1.165, 1.54) is 12.1 Å². The summed E-state index contributed by atoms with van der Waals surface area (Å²) in [4.78, 5) is 18.2. The van der Waals surface area contributed by atoms with Gasteiger partial charge < -0.3 is 14.5 Å². The zero-order chi connectivity index (χ0) is 19.2. The minimum absolute atomic E-state index is 0.00537. The highest BCUT2D eigenvalue weighted by Crippen LogP contribution is 2.22. The highest BCUT2D eigenvalue weighted by atomic mass is 35.5. The van der Waals surface area contributed by atoms with Crippen LogP contribution in [0.2, 0.25) is 10.0 Å². The van der Waals surface area contributed by atoms with Crippen LogP contribution in [0.1, 0.15) is 11.1 Å². The molecule has 0 aromatic heterocycles. The van der Waals surface area contributed by atoms with E-state index in [4.69, 9.17) is 32.8 Å². The number of benzene rings is 2. The second kappa shape index (κ2) is 9.03. The zero-order valence-corrected chi connectivity index (χ0v) is 15.8. The van der Waals surface area contributed by atoms with Gasteiger partial charge >= 0.3 is 0 Å². The Balaban J connectivity index is 1.84. The minimum atomic E-state index is -0.436. The fourth-order valence-electron chi connectivity index (χ4n) is 2.63. The molecule has 2 aromatic rings. The van der Waals surface area contributed by atoms with E-state index in [1.54, 1.807) is 30.3 Å². The number of ether oxygens (including phenoxy) is 1. The summed E-state index contributed by atoms with van der Waals surface area (Å²) in [5.41, 5.74) is 1.34. The second-order valence-corrected chi connectivity index (χ2v) is 6.67. The lowest BCUT2D eigenvalue weighted by molar-refractivity contribution is -0.384. The van der Waals surface area contributed by atoms with Crippen LogP contribution in [0, 0.1) is 10.1 Å². The predicted octanol–water partition coefficient (Wildman–Crippen LogP) is 4.11. The molecule has 0 N–H and O–H groups in total. The van der Waals surface area contributed by atoms with E-state index in [0.29, 0.717) is 47.7 Å². The van der Waals surface area contributed by atoms with Crippen molar-refractivity contribution in [2.24, 2.45) is 5.16 Å². The van der Waals surface area contributed by atoms with Crippen molar-refractivity contribution in [3.05, 3.63) is 73.8 Å². The summed E-state index contributed by atoms with van der Waals surface area (Å²) in [5.74, 6) is 0.520. The number of rotatable bonds is 5. The maximum Gasteiger partial charge on any atom is 0.270 e. The van der Waals surface area contributed by atoms with Crippen LogP contribution in [0.5, 0.6) is 0 Å². The number of nitro groups is 1. The van der Waals surface area contributed by atoms with Crippen LogP contribution in [0.25, 0.3) is 0 Å². The van der Waals surface area contributed by atoms with Crippen molar-refractivity contribution in [3.8, 4) is 0 Å². The quantitative estimate of drug-likeness (QED) is 0.321. The van der Waals surface area contributed by atoms with Crippen LogP contribution in [-0.4, -0.2) is 42.0 Å². The SMILES string of the molecule is O=[N+]([O-])c1cccc(/C(=N\OCc2ccc(Cl)cc2Cl)N2CCOCC2)c1. The lowest BCUT2D eigenvalue weighted by atomic mass is 10.1. The molecular formula is C18H17Cl2N3O4. The Morgan fingerprint density at radius 2 is 2.00 bits per heavy atom. The van der Waals surface area contributed by atoms with Crippen molar-refractivity contribution in [2.45, 2.75) is 6.61 Å². The van der Waals surface area contributed by atoms with E-state index in [9.17, 15) is 10.1 Å². The van der Waals surface area contributed by atoms with Gasteiger partial charge in [0.25, 0.3) is 5.69 Å². The molecule has 0 atom stereocenters. The molecule has 0 radical (unpaired) electrons. The molecule has 0 unspecified atom stereocenters. The molecule has 1 heterocycles. The molecule has 1 aliphatic rings. The standard InChI is InChI=1S/C18H17Cl2N3O4/c19-15-5-4-14(17(20)11-15)12-27-21-18(22-6-8-26-9-7-22)13-2-1-3-16(10-13)23(24)25/h1-5,10-11H,6-9,12H2/b21-18+. The molecule has 3 rings (SSSR count). The summed E-state index contributed by atoms with van der Waals surface area (Å²) in [6, 6.07) is 11.4. The predicted molar refractivity (Wildman–Crippen MR) is 103 cm³/mol. The fourth-order valence-corrected chi connectivity index (χ4v) is 3.09. The fraction of sp³-hybridized carbons (Fsp3) is 0.278. The monoisotopic (exact) mass is 409 g/mol. The molecule has 0 spiro atoms. The Labute approximate surface area is 166 Å². The van der Waals surface area contributed by atoms with Crippen molar-refractivity contribution in [1.29, 1.82) is 0 Å². The number of halogens is 2. The number of nitrogens with zero attached hydrogens (tertiary/aromatic N) is 3. The molecule has 142 valence electrons. The number of amidine groups is 1. The third-order valence-corrected chi connectivity index (χ3v) is 4.60. The van der Waals surface area contributed by atoms with E-state index in [1.807, 2.05) is 4.90 Å². The highest BCUT2D eigenvalue weighted by molar-refractivity contribution is 6.35. The molecule has 0 saturated carbocycles. The maximum absolute atomic E-state index is 11.1. The van der Waals surface area contributed by atoms with Crippen molar-refractivity contribution >= 4 is 34.7 Å². The summed E-state index contributed by atoms with van der Waals surface area (Å²) >= 11 is 12.0. The molecule has 1 saturated heterocycles. The Bertz CT molecular complexity index is 854. The largest absolute Gasteiger partial charge is 0.389 e. The van der Waals surface area contributed by atoms with Gasteiger partial charge in [-0.1, -0.05) is 46.6 Å². The van der Waals surface area contributed by atoms with E-state index in [-0.39, 0.29) is 12.3 Å². The lowest BCUT2D eigenvalue weighted by Crippen LogP contribution is -2.41. The molecule has 2 aromatic carbocycles. The second-order valence-electron chi connectivity index (χ2n) is 5.83. The third kappa shape index (κ3) is 5.09. The van der Waals surface area contributed by atoms with Crippen LogP contribution >= 0.6 is 23.2 Å². The van der Waals surface area contributed by atoms with Crippen molar-refractivity contribution in [1.82, 2.24) is 4.90 Å². The number of hydrogen-bond donors (Lipinski definition) is 0. The van der Waals surface area contributed by atoms with Gasteiger partial charge in [-0.15, -0.1) is 0 Å². The van der Waals surface area contributed by atoms with Gasteiger partial charge in [0.2, 0.25) is 0 Å². The summed E-state index contributed by atoms with van der Waals surface area (Å²) in [6.07, 6.45) is 0. The lowest BCUT2D eigenvalue weighted by Gasteiger charge is -2.29. The molecule has 1 aliphatic heterocycles. The number of morpholine rings is 1. The Hall–Kier alpha value is -2.35. The first-order valence-electron chi connectivity index (χ1n) is 8.26. The van der Waals surface area contributed by atoms with Gasteiger partial charge in [-0.25, -0.2) is 0 Å². The van der Waals surface area contributed by atoms with Crippen molar-refractivity contribution in [3.63, 3.8) is 0 Å². The minimum Gasteiger partial charge on any atom is -0.389 e. The van der Waals surface area contributed by atoms with Gasteiger partial charge in [0.1, 0.15) is 6.61 Å². The summed E-state index contributed by atoms with van der Waals surface area (Å²) in [7, 11) is 0. The zero-order valence-electron chi connectivity index (χ0n) is 14.3. The van der Waals surface area contributed by atoms with Crippen molar-refractivity contribution < 1.29 is 14.5 Å². The number of nitro benzene ring substituents is 1. The van der Waals surface area contributed by atoms with Gasteiger partial charge in [-0.2, -0.15) is 0 Å².